The number of ether oxygens (including phenoxy) is 2. The van der Waals surface area contributed by atoms with E-state index in [4.69, 9.17) is 18.5 Å². The number of esters is 1. The largest absolute Gasteiger partial charge is 0.474 e. The van der Waals surface area contributed by atoms with Gasteiger partial charge < -0.3 is 19.7 Å². The normalized spacial score (nSPS) is 29.6. The van der Waals surface area contributed by atoms with Crippen molar-refractivity contribution in [3.05, 3.63) is 12.7 Å². The lowest BCUT2D eigenvalue weighted by molar-refractivity contribution is -0.157. The topological polar surface area (TPSA) is 164 Å². The van der Waals surface area contributed by atoms with Crippen LogP contribution in [0.4, 0.5) is 5.82 Å². The molecule has 2 aliphatic heterocycles. The van der Waals surface area contributed by atoms with E-state index in [2.05, 4.69) is 20.3 Å². The SMILES string of the molecule is CCCC(=O)Nc1ncnc2c1ncn2C1OC2OP(=O)(O)OCC2C1OC(=O)CCC. The molecule has 2 N–H and O–H groups in total. The summed E-state index contributed by atoms with van der Waals surface area (Å²) in [5, 5.41) is 2.70. The van der Waals surface area contributed by atoms with Gasteiger partial charge in [0.15, 0.2) is 35.6 Å². The molecule has 0 radical (unpaired) electrons. The highest BCUT2D eigenvalue weighted by Crippen LogP contribution is 2.54. The Balaban J connectivity index is 1.67. The van der Waals surface area contributed by atoms with Crippen LogP contribution in [0.2, 0.25) is 0 Å². The number of fused-ring (bicyclic) bond motifs is 2. The molecule has 4 rings (SSSR count). The van der Waals surface area contributed by atoms with Gasteiger partial charge in [0.05, 0.1) is 18.9 Å². The summed E-state index contributed by atoms with van der Waals surface area (Å²) in [4.78, 5) is 46.6. The van der Waals surface area contributed by atoms with E-state index in [1.807, 2.05) is 13.8 Å². The van der Waals surface area contributed by atoms with Crippen molar-refractivity contribution in [1.82, 2.24) is 19.5 Å². The lowest BCUT2D eigenvalue weighted by Crippen LogP contribution is -2.37. The second-order valence-electron chi connectivity index (χ2n) is 7.48. The quantitative estimate of drug-likeness (QED) is 0.449. The van der Waals surface area contributed by atoms with Gasteiger partial charge in [0, 0.05) is 12.8 Å². The number of anilines is 1. The minimum Gasteiger partial charge on any atom is -0.457 e. The van der Waals surface area contributed by atoms with E-state index in [0.29, 0.717) is 30.4 Å². The first-order valence-electron chi connectivity index (χ1n) is 10.3. The Kier molecular flexibility index (Phi) is 6.54. The van der Waals surface area contributed by atoms with Crippen molar-refractivity contribution in [3.8, 4) is 0 Å². The molecule has 0 bridgehead atoms. The summed E-state index contributed by atoms with van der Waals surface area (Å²) in [5.41, 5.74) is 0.638. The van der Waals surface area contributed by atoms with Crippen molar-refractivity contribution in [3.63, 3.8) is 0 Å². The maximum atomic E-state index is 12.3. The van der Waals surface area contributed by atoms with Crippen LogP contribution in [0.25, 0.3) is 11.2 Å². The van der Waals surface area contributed by atoms with Gasteiger partial charge in [-0.3, -0.25) is 23.2 Å². The third kappa shape index (κ3) is 4.52. The number of nitrogens with zero attached hydrogens (tertiary/aromatic N) is 4. The van der Waals surface area contributed by atoms with Crippen molar-refractivity contribution in [2.24, 2.45) is 5.92 Å². The number of rotatable bonds is 7. The van der Waals surface area contributed by atoms with Crippen LogP contribution in [0, 0.1) is 5.92 Å². The van der Waals surface area contributed by atoms with Crippen LogP contribution in [0.15, 0.2) is 12.7 Å². The minimum absolute atomic E-state index is 0.195. The molecule has 14 heteroatoms. The standard InChI is InChI=1S/C18H24N5O8P/c1-3-5-11(24)22-15-13-16(20-8-19-15)23(9-21-13)17-14(29-12(25)6-4-2)10-7-28-32(26,27)31-18(10)30-17/h8-10,14,17-18H,3-7H2,1-2H3,(H,26,27)(H,19,20,22,24). The van der Waals surface area contributed by atoms with Gasteiger partial charge in [-0.2, -0.15) is 0 Å². The van der Waals surface area contributed by atoms with Gasteiger partial charge in [0.25, 0.3) is 0 Å². The molecule has 5 unspecified atom stereocenters. The molecule has 2 saturated heterocycles. The smallest absolute Gasteiger partial charge is 0.457 e. The van der Waals surface area contributed by atoms with Gasteiger partial charge in [-0.05, 0) is 12.8 Å². The zero-order chi connectivity index (χ0) is 22.9. The number of nitrogens with one attached hydrogen (secondary N) is 1. The monoisotopic (exact) mass is 469 g/mol. The van der Waals surface area contributed by atoms with Crippen LogP contribution in [0.3, 0.4) is 0 Å². The van der Waals surface area contributed by atoms with Crippen LogP contribution < -0.4 is 5.32 Å². The molecule has 5 atom stereocenters. The Bertz CT molecular complexity index is 1060. The van der Waals surface area contributed by atoms with Gasteiger partial charge in [-0.1, -0.05) is 13.8 Å². The van der Waals surface area contributed by atoms with Crippen molar-refractivity contribution >= 4 is 36.7 Å². The Hall–Kier alpha value is -2.44. The predicted molar refractivity (Wildman–Crippen MR) is 108 cm³/mol. The number of aromatic nitrogens is 4. The summed E-state index contributed by atoms with van der Waals surface area (Å²) in [5.74, 6) is -1.06. The molecule has 4 heterocycles. The van der Waals surface area contributed by atoms with E-state index in [0.717, 1.165) is 0 Å². The minimum atomic E-state index is -4.28. The molecule has 0 aromatic carbocycles. The summed E-state index contributed by atoms with van der Waals surface area (Å²) < 4.78 is 34.9. The second kappa shape index (κ2) is 9.20. The molecule has 2 fully saturated rings. The van der Waals surface area contributed by atoms with Crippen LogP contribution >= 0.6 is 7.82 Å². The average Bonchev–Trinajstić information content (AvgIpc) is 3.29. The number of amides is 1. The van der Waals surface area contributed by atoms with Crippen LogP contribution in [-0.2, 0) is 32.7 Å². The third-order valence-corrected chi connectivity index (χ3v) is 6.03. The van der Waals surface area contributed by atoms with Gasteiger partial charge >= 0.3 is 13.8 Å². The summed E-state index contributed by atoms with van der Waals surface area (Å²) in [7, 11) is -4.28. The van der Waals surface area contributed by atoms with E-state index in [-0.39, 0.29) is 24.8 Å². The zero-order valence-electron chi connectivity index (χ0n) is 17.5. The number of carbonyl (C=O) groups excluding carboxylic acids is 2. The molecule has 0 aliphatic carbocycles. The van der Waals surface area contributed by atoms with Crippen LogP contribution in [-0.4, -0.2) is 55.3 Å². The highest BCUT2D eigenvalue weighted by Gasteiger charge is 2.54. The van der Waals surface area contributed by atoms with E-state index < -0.39 is 38.3 Å². The van der Waals surface area contributed by atoms with E-state index in [1.54, 1.807) is 0 Å². The molecule has 2 aromatic heterocycles. The number of phosphoric ester groups is 1. The lowest BCUT2D eigenvalue weighted by atomic mass is 10.0. The molecule has 0 spiro atoms. The van der Waals surface area contributed by atoms with Gasteiger partial charge in [-0.25, -0.2) is 19.5 Å². The number of imidazole rings is 1. The van der Waals surface area contributed by atoms with Crippen molar-refractivity contribution in [2.75, 3.05) is 11.9 Å². The Morgan fingerprint density at radius 3 is 2.81 bits per heavy atom. The van der Waals surface area contributed by atoms with E-state index >= 15 is 0 Å². The Morgan fingerprint density at radius 2 is 2.06 bits per heavy atom. The molecule has 13 nitrogen and oxygen atoms in total. The zero-order valence-corrected chi connectivity index (χ0v) is 18.4. The predicted octanol–water partition coefficient (Wildman–Crippen LogP) is 1.90. The van der Waals surface area contributed by atoms with Crippen molar-refractivity contribution < 1.29 is 37.6 Å². The number of hydrogen-bond donors (Lipinski definition) is 2. The van der Waals surface area contributed by atoms with Crippen molar-refractivity contribution in [2.45, 2.75) is 58.2 Å². The fourth-order valence-electron chi connectivity index (χ4n) is 3.64. The summed E-state index contributed by atoms with van der Waals surface area (Å²) in [6, 6.07) is 0. The summed E-state index contributed by atoms with van der Waals surface area (Å²) in [6.45, 7) is 3.53. The number of phosphoric acid groups is 1. The maximum Gasteiger partial charge on any atom is 0.474 e. The third-order valence-electron chi connectivity index (χ3n) is 5.08. The fraction of sp³-hybridized carbons (Fsp3) is 0.611. The van der Waals surface area contributed by atoms with Gasteiger partial charge in [-0.15, -0.1) is 0 Å². The summed E-state index contributed by atoms with van der Waals surface area (Å²) >= 11 is 0. The van der Waals surface area contributed by atoms with Gasteiger partial charge in [0.2, 0.25) is 5.91 Å². The Labute approximate surface area is 183 Å². The number of hydrogen-bond acceptors (Lipinski definition) is 10. The number of carbonyl (C=O) groups is 2. The molecule has 1 amide bonds. The first kappa shape index (κ1) is 22.7. The van der Waals surface area contributed by atoms with E-state index in [9.17, 15) is 19.0 Å². The first-order chi connectivity index (χ1) is 15.3. The molecular weight excluding hydrogens is 445 g/mol. The molecule has 2 aliphatic rings. The van der Waals surface area contributed by atoms with E-state index in [1.165, 1.54) is 17.2 Å². The fourth-order valence-corrected chi connectivity index (χ4v) is 4.53. The second-order valence-corrected chi connectivity index (χ2v) is 8.88. The van der Waals surface area contributed by atoms with Gasteiger partial charge in [0.1, 0.15) is 6.33 Å². The molecular formula is C18H24N5O8P. The highest BCUT2D eigenvalue weighted by molar-refractivity contribution is 7.47. The van der Waals surface area contributed by atoms with Crippen molar-refractivity contribution in [1.29, 1.82) is 0 Å². The maximum absolute atomic E-state index is 12.3. The Morgan fingerprint density at radius 1 is 1.28 bits per heavy atom. The van der Waals surface area contributed by atoms with Crippen LogP contribution in [0.5, 0.6) is 0 Å². The molecule has 174 valence electrons. The molecule has 32 heavy (non-hydrogen) atoms. The first-order valence-corrected chi connectivity index (χ1v) is 11.8. The summed E-state index contributed by atoms with van der Waals surface area (Å²) in [6.07, 6.45) is 1.50. The average molecular weight is 469 g/mol. The molecule has 2 aromatic rings. The lowest BCUT2D eigenvalue weighted by Gasteiger charge is -2.29. The molecule has 0 saturated carbocycles. The highest BCUT2D eigenvalue weighted by atomic mass is 31.2. The van der Waals surface area contributed by atoms with Crippen LogP contribution in [0.1, 0.15) is 45.8 Å².